The number of hydrogen-bond donors (Lipinski definition) is 0. The lowest BCUT2D eigenvalue weighted by Crippen LogP contribution is -2.15. The fraction of sp³-hybridized carbons (Fsp3) is 0.0843. The zero-order chi connectivity index (χ0) is 58.0. The van der Waals surface area contributed by atoms with E-state index in [1.807, 2.05) is 6.07 Å². The van der Waals surface area contributed by atoms with Gasteiger partial charge >= 0.3 is 0 Å². The van der Waals surface area contributed by atoms with Crippen molar-refractivity contribution in [2.75, 3.05) is 9.80 Å². The smallest absolute Gasteiger partial charge is 0.159 e. The van der Waals surface area contributed by atoms with Crippen LogP contribution in [0.5, 0.6) is 0 Å². The lowest BCUT2D eigenvalue weighted by Gasteiger charge is -2.27. The summed E-state index contributed by atoms with van der Waals surface area (Å²) in [5, 5.41) is 14.4. The fourth-order valence-electron chi connectivity index (χ4n) is 15.5. The van der Waals surface area contributed by atoms with Crippen molar-refractivity contribution >= 4 is 121 Å². The van der Waals surface area contributed by atoms with Crippen LogP contribution < -0.4 is 9.80 Å². The zero-order valence-corrected chi connectivity index (χ0v) is 49.0. The molecule has 0 N–H and O–H groups in total. The van der Waals surface area contributed by atoms with Gasteiger partial charge in [0.05, 0.1) is 11.4 Å². The molecule has 18 rings (SSSR count). The molecule has 0 radical (unpaired) electrons. The lowest BCUT2D eigenvalue weighted by molar-refractivity contribution is 0.667. The second-order valence-electron chi connectivity index (χ2n) is 25.2. The average Bonchev–Trinajstić information content (AvgIpc) is 1.77. The predicted octanol–water partition coefficient (Wildman–Crippen LogP) is 23.6. The summed E-state index contributed by atoms with van der Waals surface area (Å²) in [5.74, 6) is 0. The molecule has 2 aliphatic carbocycles. The van der Waals surface area contributed by atoms with Crippen LogP contribution in [0.3, 0.4) is 0 Å². The molecule has 0 unspecified atom stereocenters. The van der Waals surface area contributed by atoms with Crippen LogP contribution >= 0.6 is 0 Å². The third-order valence-corrected chi connectivity index (χ3v) is 19.6. The Bertz CT molecular complexity index is 5620. The third kappa shape index (κ3) is 7.19. The van der Waals surface area contributed by atoms with Crippen LogP contribution in [0.25, 0.3) is 120 Å². The zero-order valence-electron chi connectivity index (χ0n) is 49.0. The normalized spacial score (nSPS) is 13.8. The highest BCUT2D eigenvalue weighted by Crippen LogP contribution is 2.56. The predicted molar refractivity (Wildman–Crippen MR) is 366 cm³/mol. The number of hydrogen-bond acceptors (Lipinski definition) is 4. The van der Waals surface area contributed by atoms with E-state index >= 15 is 0 Å². The molecule has 0 amide bonds. The van der Waals surface area contributed by atoms with E-state index in [9.17, 15) is 0 Å². The van der Waals surface area contributed by atoms with Crippen LogP contribution in [0, 0.1) is 6.92 Å². The highest BCUT2D eigenvalue weighted by molar-refractivity contribution is 6.14. The van der Waals surface area contributed by atoms with Gasteiger partial charge in [-0.15, -0.1) is 0 Å². The average molecular weight is 1120 g/mol. The Morgan fingerprint density at radius 3 is 1.52 bits per heavy atom. The van der Waals surface area contributed by atoms with Crippen LogP contribution in [0.15, 0.2) is 270 Å². The molecule has 0 atom stereocenters. The van der Waals surface area contributed by atoms with Crippen LogP contribution in [-0.4, -0.2) is 0 Å². The molecule has 16 aromatic rings. The van der Waals surface area contributed by atoms with Gasteiger partial charge in [0.15, 0.2) is 11.2 Å². The molecule has 0 fully saturated rings. The fourth-order valence-corrected chi connectivity index (χ4v) is 15.5. The maximum absolute atomic E-state index is 7.21. The molecule has 0 spiro atoms. The molecule has 2 heterocycles. The summed E-state index contributed by atoms with van der Waals surface area (Å²) in [6.45, 7) is 11.8. The summed E-state index contributed by atoms with van der Waals surface area (Å²) in [5.41, 5.74) is 23.6. The minimum Gasteiger partial charge on any atom is -0.454 e. The van der Waals surface area contributed by atoms with Crippen molar-refractivity contribution in [3.05, 3.63) is 289 Å². The van der Waals surface area contributed by atoms with Gasteiger partial charge in [0.1, 0.15) is 11.2 Å². The first-order chi connectivity index (χ1) is 42.5. The molecule has 2 aromatic heterocycles. The van der Waals surface area contributed by atoms with E-state index in [1.165, 1.54) is 98.7 Å². The van der Waals surface area contributed by atoms with Gasteiger partial charge in [-0.25, -0.2) is 0 Å². The van der Waals surface area contributed by atoms with Crippen molar-refractivity contribution < 1.29 is 8.83 Å². The van der Waals surface area contributed by atoms with Gasteiger partial charge in [0.2, 0.25) is 0 Å². The first kappa shape index (κ1) is 49.7. The van der Waals surface area contributed by atoms with Gasteiger partial charge in [-0.1, -0.05) is 191 Å². The summed E-state index contributed by atoms with van der Waals surface area (Å²) in [4.78, 5) is 4.74. The van der Waals surface area contributed by atoms with Crippen LogP contribution in [-0.2, 0) is 10.8 Å². The Morgan fingerprint density at radius 1 is 0.287 bits per heavy atom. The Balaban J connectivity index is 0.721. The second-order valence-corrected chi connectivity index (χ2v) is 25.2. The Hall–Kier alpha value is -10.7. The molecule has 0 saturated heterocycles. The number of anilines is 6. The molecule has 4 heteroatoms. The van der Waals surface area contributed by atoms with Crippen LogP contribution in [0.2, 0.25) is 0 Å². The number of rotatable bonds is 7. The highest BCUT2D eigenvalue weighted by atomic mass is 16.3. The van der Waals surface area contributed by atoms with E-state index in [0.717, 1.165) is 83.6 Å². The van der Waals surface area contributed by atoms with Gasteiger partial charge < -0.3 is 18.6 Å². The van der Waals surface area contributed by atoms with Gasteiger partial charge in [0.25, 0.3) is 0 Å². The first-order valence-electron chi connectivity index (χ1n) is 30.4. The molecule has 87 heavy (non-hydrogen) atoms. The number of benzene rings is 14. The molecule has 412 valence electrons. The Kier molecular flexibility index (Phi) is 10.4. The molecule has 0 saturated carbocycles. The minimum atomic E-state index is -0.281. The van der Waals surface area contributed by atoms with Crippen molar-refractivity contribution in [2.24, 2.45) is 0 Å². The summed E-state index contributed by atoms with van der Waals surface area (Å²) >= 11 is 0. The number of nitrogens with zero attached hydrogens (tertiary/aromatic N) is 2. The van der Waals surface area contributed by atoms with E-state index in [4.69, 9.17) is 8.83 Å². The van der Waals surface area contributed by atoms with Crippen molar-refractivity contribution in [3.63, 3.8) is 0 Å². The molecule has 0 aliphatic heterocycles. The topological polar surface area (TPSA) is 32.8 Å². The van der Waals surface area contributed by atoms with E-state index in [2.05, 4.69) is 299 Å². The maximum atomic E-state index is 7.21. The Morgan fingerprint density at radius 2 is 0.805 bits per heavy atom. The van der Waals surface area contributed by atoms with Gasteiger partial charge in [0, 0.05) is 55.1 Å². The standard InChI is InChI=1S/C83H58N2O2/c1-49-18-9-13-28-73(49)85(58-37-33-52-44-69-65-39-34-50-19-10-11-22-60(50)78(65)82(2,3)71(69)47-55(52)43-58)75-30-17-27-68-63-38-35-53(48-77(63)87-81(68)75)59-24-15-25-64-61(59)40-41-66-70-45-51-32-36-57(42-54(51)46-72(70)83(4,5)79(64)66)84(56-20-7-6-8-21-56)74-29-16-26-67-62-23-12-14-31-76(62)86-80(67)74/h6-48H,1-5H3. The van der Waals surface area contributed by atoms with Crippen LogP contribution in [0.1, 0.15) is 55.5 Å². The number of para-hydroxylation sites is 5. The molecule has 14 aromatic carbocycles. The molecular weight excluding hydrogens is 1060 g/mol. The van der Waals surface area contributed by atoms with E-state index in [1.54, 1.807) is 0 Å². The van der Waals surface area contributed by atoms with Gasteiger partial charge in [-0.2, -0.15) is 0 Å². The largest absolute Gasteiger partial charge is 0.454 e. The Labute approximate surface area is 504 Å². The van der Waals surface area contributed by atoms with E-state index in [-0.39, 0.29) is 10.8 Å². The van der Waals surface area contributed by atoms with Crippen molar-refractivity contribution in [1.82, 2.24) is 0 Å². The number of furan rings is 2. The van der Waals surface area contributed by atoms with E-state index < -0.39 is 0 Å². The van der Waals surface area contributed by atoms with Gasteiger partial charge in [-0.05, 0) is 208 Å². The second kappa shape index (κ2) is 18.2. The summed E-state index contributed by atoms with van der Waals surface area (Å²) in [6.07, 6.45) is 0. The maximum Gasteiger partial charge on any atom is 0.159 e. The number of aryl methyl sites for hydroxylation is 1. The third-order valence-electron chi connectivity index (χ3n) is 19.6. The number of fused-ring (bicyclic) bond motifs is 18. The van der Waals surface area contributed by atoms with Gasteiger partial charge in [-0.3, -0.25) is 0 Å². The molecule has 0 bridgehead atoms. The molecule has 4 nitrogen and oxygen atoms in total. The minimum absolute atomic E-state index is 0.164. The monoisotopic (exact) mass is 1110 g/mol. The summed E-state index contributed by atoms with van der Waals surface area (Å²) < 4.78 is 13.9. The molecule has 2 aliphatic rings. The highest BCUT2D eigenvalue weighted by Gasteiger charge is 2.39. The SMILES string of the molecule is Cc1ccccc1N(c1ccc2cc3c(cc2c1)C(C)(C)c1c-3ccc2ccccc12)c1cccc2c1oc1cc(-c3cccc4c5c(ccc34)-c3cc4ccc(N(c6ccccc6)c6cccc7c6oc6ccccc67)cc4cc3C5(C)C)ccc12. The van der Waals surface area contributed by atoms with Crippen molar-refractivity contribution in [2.45, 2.75) is 45.4 Å². The van der Waals surface area contributed by atoms with Crippen molar-refractivity contribution in [3.8, 4) is 33.4 Å². The van der Waals surface area contributed by atoms with Crippen LogP contribution in [0.4, 0.5) is 34.1 Å². The quantitative estimate of drug-likeness (QED) is 0.159. The van der Waals surface area contributed by atoms with E-state index in [0.29, 0.717) is 0 Å². The summed E-state index contributed by atoms with van der Waals surface area (Å²) in [7, 11) is 0. The lowest BCUT2D eigenvalue weighted by atomic mass is 9.79. The summed E-state index contributed by atoms with van der Waals surface area (Å²) in [6, 6.07) is 96.1. The molecular formula is C83H58N2O2. The van der Waals surface area contributed by atoms with Crippen molar-refractivity contribution in [1.29, 1.82) is 0 Å². The first-order valence-corrected chi connectivity index (χ1v) is 30.4.